The zero-order valence-electron chi connectivity index (χ0n) is 15.0. The molecule has 0 saturated heterocycles. The Morgan fingerprint density at radius 2 is 1.76 bits per heavy atom. The van der Waals surface area contributed by atoms with Gasteiger partial charge >= 0.3 is 0 Å². The molecule has 29 heavy (non-hydrogen) atoms. The number of carbonyl (C=O) groups is 1. The molecule has 1 aromatic heterocycles. The molecular weight excluding hydrogens is 447 g/mol. The summed E-state index contributed by atoms with van der Waals surface area (Å²) in [7, 11) is -3.03. The van der Waals surface area contributed by atoms with E-state index in [1.165, 1.54) is 29.8 Å². The van der Waals surface area contributed by atoms with Crippen molar-refractivity contribution >= 4 is 39.1 Å². The molecule has 0 aliphatic carbocycles. The van der Waals surface area contributed by atoms with Gasteiger partial charge in [-0.3, -0.25) is 4.79 Å². The van der Waals surface area contributed by atoms with Crippen molar-refractivity contribution in [2.75, 3.05) is 0 Å². The Morgan fingerprint density at radius 1 is 1.14 bits per heavy atom. The second kappa shape index (κ2) is 7.74. The Labute approximate surface area is 175 Å². The largest absolute Gasteiger partial charge is 0.333 e. The lowest BCUT2D eigenvalue weighted by Gasteiger charge is -2.10. The van der Waals surface area contributed by atoms with Gasteiger partial charge in [-0.05, 0) is 30.7 Å². The number of nitrogens with zero attached hydrogens (tertiary/aromatic N) is 2. The summed E-state index contributed by atoms with van der Waals surface area (Å²) in [5, 5.41) is -0.302. The SMILES string of the molecule is Cc1ccc(Cl)c(S(=O)(=O)NC(=O)c2cn(C)c(-c3c(F)cccc3F)n2)c1Cl. The highest BCUT2D eigenvalue weighted by Gasteiger charge is 2.27. The fraction of sp³-hybridized carbons (Fsp3) is 0.111. The maximum atomic E-state index is 14.0. The minimum absolute atomic E-state index is 0.132. The van der Waals surface area contributed by atoms with Crippen LogP contribution in [0.3, 0.4) is 0 Å². The van der Waals surface area contributed by atoms with Crippen molar-refractivity contribution in [1.82, 2.24) is 14.3 Å². The zero-order valence-corrected chi connectivity index (χ0v) is 17.3. The van der Waals surface area contributed by atoms with Crippen LogP contribution in [0.2, 0.25) is 10.0 Å². The number of hydrogen-bond donors (Lipinski definition) is 1. The van der Waals surface area contributed by atoms with Crippen molar-refractivity contribution in [3.05, 3.63) is 69.5 Å². The lowest BCUT2D eigenvalue weighted by Crippen LogP contribution is -2.31. The molecule has 1 N–H and O–H groups in total. The maximum absolute atomic E-state index is 14.0. The molecule has 3 aromatic rings. The quantitative estimate of drug-likeness (QED) is 0.636. The first-order valence-corrected chi connectivity index (χ1v) is 10.3. The van der Waals surface area contributed by atoms with E-state index < -0.39 is 38.0 Å². The summed E-state index contributed by atoms with van der Waals surface area (Å²) in [4.78, 5) is 15.9. The van der Waals surface area contributed by atoms with Crippen LogP contribution in [0.4, 0.5) is 8.78 Å². The molecule has 0 bridgehead atoms. The van der Waals surface area contributed by atoms with Crippen LogP contribution >= 0.6 is 23.2 Å². The monoisotopic (exact) mass is 459 g/mol. The maximum Gasteiger partial charge on any atom is 0.285 e. The van der Waals surface area contributed by atoms with Gasteiger partial charge in [0.2, 0.25) is 0 Å². The molecular formula is C18H13Cl2F2N3O3S. The smallest absolute Gasteiger partial charge is 0.285 e. The van der Waals surface area contributed by atoms with Gasteiger partial charge in [-0.15, -0.1) is 0 Å². The van der Waals surface area contributed by atoms with E-state index in [0.717, 1.165) is 18.3 Å². The van der Waals surface area contributed by atoms with E-state index in [1.54, 1.807) is 6.92 Å². The number of benzene rings is 2. The molecule has 0 fully saturated rings. The molecule has 0 atom stereocenters. The number of hydrogen-bond acceptors (Lipinski definition) is 4. The number of halogens is 4. The zero-order chi connectivity index (χ0) is 21.5. The number of amides is 1. The first kappa shape index (κ1) is 21.2. The molecule has 3 rings (SSSR count). The highest BCUT2D eigenvalue weighted by atomic mass is 35.5. The van der Waals surface area contributed by atoms with Crippen LogP contribution in [-0.4, -0.2) is 23.9 Å². The van der Waals surface area contributed by atoms with Crippen molar-refractivity contribution in [2.24, 2.45) is 7.05 Å². The van der Waals surface area contributed by atoms with Crippen molar-refractivity contribution in [1.29, 1.82) is 0 Å². The lowest BCUT2D eigenvalue weighted by molar-refractivity contribution is 0.0977. The van der Waals surface area contributed by atoms with Crippen LogP contribution < -0.4 is 4.72 Å². The average Bonchev–Trinajstić information content (AvgIpc) is 2.99. The van der Waals surface area contributed by atoms with E-state index >= 15 is 0 Å². The van der Waals surface area contributed by atoms with Gasteiger partial charge < -0.3 is 4.57 Å². The number of aryl methyl sites for hydroxylation is 2. The van der Waals surface area contributed by atoms with E-state index in [0.29, 0.717) is 5.56 Å². The van der Waals surface area contributed by atoms with Gasteiger partial charge in [-0.2, -0.15) is 0 Å². The summed E-state index contributed by atoms with van der Waals surface area (Å²) in [5.74, 6) is -3.06. The van der Waals surface area contributed by atoms with Gasteiger partial charge in [-0.25, -0.2) is 26.9 Å². The van der Waals surface area contributed by atoms with E-state index in [4.69, 9.17) is 23.2 Å². The van der Waals surface area contributed by atoms with Crippen molar-refractivity contribution in [3.8, 4) is 11.4 Å². The van der Waals surface area contributed by atoms with Gasteiger partial charge in [0.15, 0.2) is 0 Å². The average molecular weight is 460 g/mol. The summed E-state index contributed by atoms with van der Waals surface area (Å²) in [6.45, 7) is 1.58. The van der Waals surface area contributed by atoms with Crippen molar-refractivity contribution < 1.29 is 22.0 Å². The number of rotatable bonds is 4. The van der Waals surface area contributed by atoms with E-state index in [-0.39, 0.29) is 21.6 Å². The van der Waals surface area contributed by atoms with E-state index in [2.05, 4.69) is 4.98 Å². The minimum atomic E-state index is -4.44. The fourth-order valence-corrected chi connectivity index (χ4v) is 4.77. The van der Waals surface area contributed by atoms with Crippen molar-refractivity contribution in [2.45, 2.75) is 11.8 Å². The Hall–Kier alpha value is -2.49. The molecule has 0 unspecified atom stereocenters. The Morgan fingerprint density at radius 3 is 2.38 bits per heavy atom. The summed E-state index contributed by atoms with van der Waals surface area (Å²) in [5.41, 5.74) is -0.366. The predicted molar refractivity (Wildman–Crippen MR) is 104 cm³/mol. The van der Waals surface area contributed by atoms with Crippen LogP contribution in [-0.2, 0) is 17.1 Å². The van der Waals surface area contributed by atoms with Crippen LogP contribution in [0, 0.1) is 18.6 Å². The third kappa shape index (κ3) is 3.98. The molecule has 0 aliphatic heterocycles. The second-order valence-corrected chi connectivity index (χ2v) is 8.50. The third-order valence-corrected chi connectivity index (χ3v) is 6.48. The van der Waals surface area contributed by atoms with Crippen LogP contribution in [0.25, 0.3) is 11.4 Å². The summed E-state index contributed by atoms with van der Waals surface area (Å²) < 4.78 is 56.3. The predicted octanol–water partition coefficient (Wildman–Crippen LogP) is 4.10. The van der Waals surface area contributed by atoms with Gasteiger partial charge in [-0.1, -0.05) is 35.3 Å². The molecule has 0 aliphatic rings. The highest BCUT2D eigenvalue weighted by molar-refractivity contribution is 7.90. The first-order valence-electron chi connectivity index (χ1n) is 8.02. The summed E-state index contributed by atoms with van der Waals surface area (Å²) in [6, 6.07) is 6.13. The first-order chi connectivity index (χ1) is 13.5. The highest BCUT2D eigenvalue weighted by Crippen LogP contribution is 2.32. The molecule has 152 valence electrons. The van der Waals surface area contributed by atoms with Crippen LogP contribution in [0.5, 0.6) is 0 Å². The van der Waals surface area contributed by atoms with Gasteiger partial charge in [0, 0.05) is 13.2 Å². The number of nitrogens with one attached hydrogen (secondary N) is 1. The normalized spacial score (nSPS) is 11.5. The second-order valence-electron chi connectivity index (χ2n) is 6.10. The summed E-state index contributed by atoms with van der Waals surface area (Å²) in [6.07, 6.45) is 1.14. The molecule has 0 spiro atoms. The Kier molecular flexibility index (Phi) is 5.66. The lowest BCUT2D eigenvalue weighted by atomic mass is 10.2. The minimum Gasteiger partial charge on any atom is -0.333 e. The molecule has 0 radical (unpaired) electrons. The number of imidazole rings is 1. The fourth-order valence-electron chi connectivity index (χ4n) is 2.62. The standard InChI is InChI=1S/C18H13Cl2F2N3O3S/c1-9-6-7-10(19)16(15(9)20)29(27,28)24-18(26)13-8-25(2)17(23-13)14-11(21)4-3-5-12(14)22/h3-8H,1-2H3,(H,24,26). The molecule has 11 heteroatoms. The molecule has 2 aromatic carbocycles. The number of aromatic nitrogens is 2. The summed E-state index contributed by atoms with van der Waals surface area (Å²) >= 11 is 12.0. The van der Waals surface area contributed by atoms with Gasteiger partial charge in [0.05, 0.1) is 15.6 Å². The van der Waals surface area contributed by atoms with Gasteiger partial charge in [0.1, 0.15) is 28.0 Å². The molecule has 1 amide bonds. The van der Waals surface area contributed by atoms with Crippen molar-refractivity contribution in [3.63, 3.8) is 0 Å². The molecule has 6 nitrogen and oxygen atoms in total. The van der Waals surface area contributed by atoms with Gasteiger partial charge in [0.25, 0.3) is 15.9 Å². The topological polar surface area (TPSA) is 81.1 Å². The molecule has 0 saturated carbocycles. The Balaban J connectivity index is 1.98. The van der Waals surface area contributed by atoms with E-state index in [9.17, 15) is 22.0 Å². The van der Waals surface area contributed by atoms with E-state index in [1.807, 2.05) is 4.72 Å². The number of carbonyl (C=O) groups excluding carboxylic acids is 1. The number of sulfonamides is 1. The van der Waals surface area contributed by atoms with Crippen LogP contribution in [0.15, 0.2) is 41.4 Å². The Bertz CT molecular complexity index is 1220. The molecule has 1 heterocycles. The van der Waals surface area contributed by atoms with Crippen LogP contribution in [0.1, 0.15) is 16.1 Å². The third-order valence-electron chi connectivity index (χ3n) is 4.03.